The first-order valence-corrected chi connectivity index (χ1v) is 7.96. The second-order valence-corrected chi connectivity index (χ2v) is 7.46. The number of hydrogen-bond donors (Lipinski definition) is 2. The van der Waals surface area contributed by atoms with Crippen molar-refractivity contribution in [1.29, 1.82) is 0 Å². The fraction of sp³-hybridized carbons (Fsp3) is 0.667. The second-order valence-electron chi connectivity index (χ2n) is 5.60. The number of carbonyl (C=O) groups is 1. The van der Waals surface area contributed by atoms with Gasteiger partial charge in [-0.3, -0.25) is 5.10 Å². The minimum absolute atomic E-state index is 0.245. The molecule has 1 aliphatic heterocycles. The molecule has 0 radical (unpaired) electrons. The van der Waals surface area contributed by atoms with Gasteiger partial charge in [-0.1, -0.05) is 13.8 Å². The smallest absolute Gasteiger partial charge is 0.340 e. The number of nitrogens with one attached hydrogen (secondary N) is 1. The van der Waals surface area contributed by atoms with Crippen molar-refractivity contribution in [1.82, 2.24) is 14.5 Å². The molecule has 0 amide bonds. The highest BCUT2D eigenvalue weighted by Crippen LogP contribution is 2.27. The third-order valence-electron chi connectivity index (χ3n) is 3.55. The highest BCUT2D eigenvalue weighted by Gasteiger charge is 2.36. The van der Waals surface area contributed by atoms with E-state index in [1.54, 1.807) is 0 Å². The number of aromatic amines is 1. The van der Waals surface area contributed by atoms with Crippen molar-refractivity contribution in [3.63, 3.8) is 0 Å². The first kappa shape index (κ1) is 15.0. The number of aromatic carboxylic acids is 1. The number of carboxylic acid groups (broad SMARTS) is 1. The molecule has 0 bridgehead atoms. The molecule has 0 spiro atoms. The van der Waals surface area contributed by atoms with Crippen molar-refractivity contribution in [3.8, 4) is 0 Å². The zero-order valence-electron chi connectivity index (χ0n) is 11.8. The molecule has 2 heterocycles. The topological polar surface area (TPSA) is 103 Å². The van der Waals surface area contributed by atoms with Gasteiger partial charge in [-0.05, 0) is 25.2 Å². The largest absolute Gasteiger partial charge is 0.478 e. The van der Waals surface area contributed by atoms with Crippen molar-refractivity contribution in [2.45, 2.75) is 32.2 Å². The Kier molecular flexibility index (Phi) is 3.88. The van der Waals surface area contributed by atoms with Crippen molar-refractivity contribution in [2.24, 2.45) is 11.8 Å². The van der Waals surface area contributed by atoms with Gasteiger partial charge in [0.1, 0.15) is 5.56 Å². The monoisotopic (exact) mass is 301 g/mol. The van der Waals surface area contributed by atoms with Crippen LogP contribution in [0.2, 0.25) is 0 Å². The number of rotatable bonds is 3. The van der Waals surface area contributed by atoms with Crippen LogP contribution in [0, 0.1) is 18.8 Å². The minimum Gasteiger partial charge on any atom is -0.478 e. The fourth-order valence-electron chi connectivity index (χ4n) is 2.77. The molecular weight excluding hydrogens is 282 g/mol. The number of sulfonamides is 1. The molecule has 1 aromatic rings. The van der Waals surface area contributed by atoms with Crippen molar-refractivity contribution in [2.75, 3.05) is 13.1 Å². The summed E-state index contributed by atoms with van der Waals surface area (Å²) in [6.07, 6.45) is 0.970. The number of H-pyrrole nitrogens is 1. The molecule has 0 aliphatic carbocycles. The summed E-state index contributed by atoms with van der Waals surface area (Å²) < 4.78 is 26.5. The highest BCUT2D eigenvalue weighted by molar-refractivity contribution is 7.89. The van der Waals surface area contributed by atoms with Crippen LogP contribution in [0.15, 0.2) is 5.03 Å². The Morgan fingerprint density at radius 1 is 1.35 bits per heavy atom. The van der Waals surface area contributed by atoms with E-state index in [0.29, 0.717) is 13.1 Å². The Morgan fingerprint density at radius 2 is 1.90 bits per heavy atom. The molecule has 0 saturated carbocycles. The summed E-state index contributed by atoms with van der Waals surface area (Å²) in [5.41, 5.74) is -0.0231. The van der Waals surface area contributed by atoms with Crippen LogP contribution in [0.1, 0.15) is 36.3 Å². The molecule has 2 rings (SSSR count). The number of piperidine rings is 1. The van der Waals surface area contributed by atoms with Crippen molar-refractivity contribution >= 4 is 16.0 Å². The van der Waals surface area contributed by atoms with Gasteiger partial charge >= 0.3 is 5.97 Å². The van der Waals surface area contributed by atoms with Crippen LogP contribution in [-0.2, 0) is 10.0 Å². The van der Waals surface area contributed by atoms with Gasteiger partial charge in [-0.2, -0.15) is 9.40 Å². The minimum atomic E-state index is -3.87. The Labute approximate surface area is 118 Å². The lowest BCUT2D eigenvalue weighted by molar-refractivity contribution is 0.0691. The summed E-state index contributed by atoms with van der Waals surface area (Å²) in [7, 11) is -3.87. The van der Waals surface area contributed by atoms with E-state index in [9.17, 15) is 13.2 Å². The average Bonchev–Trinajstić information content (AvgIpc) is 2.70. The summed E-state index contributed by atoms with van der Waals surface area (Å²) in [6.45, 7) is 6.28. The van der Waals surface area contributed by atoms with Crippen LogP contribution < -0.4 is 0 Å². The lowest BCUT2D eigenvalue weighted by atomic mass is 9.94. The zero-order valence-corrected chi connectivity index (χ0v) is 12.6. The van der Waals surface area contributed by atoms with Crippen LogP contribution in [-0.4, -0.2) is 47.1 Å². The van der Waals surface area contributed by atoms with E-state index < -0.39 is 16.0 Å². The molecule has 0 aromatic carbocycles. The second kappa shape index (κ2) is 5.17. The van der Waals surface area contributed by atoms with Gasteiger partial charge < -0.3 is 5.11 Å². The summed E-state index contributed by atoms with van der Waals surface area (Å²) in [4.78, 5) is 11.2. The number of aromatic nitrogens is 2. The lowest BCUT2D eigenvalue weighted by Crippen LogP contribution is -2.43. The number of carboxylic acids is 1. The zero-order chi connectivity index (χ0) is 15.1. The molecule has 1 saturated heterocycles. The Hall–Kier alpha value is -1.41. The number of aryl methyl sites for hydroxylation is 1. The van der Waals surface area contributed by atoms with Crippen LogP contribution >= 0.6 is 0 Å². The Balaban J connectivity index is 2.43. The van der Waals surface area contributed by atoms with Gasteiger partial charge in [0.2, 0.25) is 5.03 Å². The Morgan fingerprint density at radius 3 is 2.40 bits per heavy atom. The SMILES string of the molecule is Cc1[nH]nc(S(=O)(=O)N2CC(C)CC(C)C2)c1C(=O)O. The first-order valence-electron chi connectivity index (χ1n) is 6.52. The van der Waals surface area contributed by atoms with E-state index in [-0.39, 0.29) is 28.1 Å². The van der Waals surface area contributed by atoms with Crippen LogP contribution in [0.3, 0.4) is 0 Å². The Bertz CT molecular complexity index is 613. The molecule has 20 heavy (non-hydrogen) atoms. The summed E-state index contributed by atoms with van der Waals surface area (Å²) in [5, 5.41) is 14.9. The van der Waals surface area contributed by atoms with Gasteiger partial charge in [0.15, 0.2) is 0 Å². The molecule has 2 unspecified atom stereocenters. The van der Waals surface area contributed by atoms with E-state index in [4.69, 9.17) is 5.11 Å². The van der Waals surface area contributed by atoms with Crippen LogP contribution in [0.5, 0.6) is 0 Å². The van der Waals surface area contributed by atoms with E-state index in [2.05, 4.69) is 10.2 Å². The summed E-state index contributed by atoms with van der Waals surface area (Å²) >= 11 is 0. The third-order valence-corrected chi connectivity index (χ3v) is 5.31. The predicted molar refractivity (Wildman–Crippen MR) is 72.0 cm³/mol. The normalized spacial score (nSPS) is 24.8. The maximum absolute atomic E-state index is 12.6. The molecule has 2 atom stereocenters. The predicted octanol–water partition coefficient (Wildman–Crippen LogP) is 1.08. The number of hydrogen-bond acceptors (Lipinski definition) is 4. The van der Waals surface area contributed by atoms with Crippen molar-refractivity contribution < 1.29 is 18.3 Å². The van der Waals surface area contributed by atoms with Crippen LogP contribution in [0.25, 0.3) is 0 Å². The molecule has 2 N–H and O–H groups in total. The highest BCUT2D eigenvalue weighted by atomic mass is 32.2. The summed E-state index contributed by atoms with van der Waals surface area (Å²) in [6, 6.07) is 0. The molecule has 8 heteroatoms. The maximum atomic E-state index is 12.6. The first-order chi connectivity index (χ1) is 9.23. The molecule has 112 valence electrons. The molecule has 1 aliphatic rings. The molecule has 7 nitrogen and oxygen atoms in total. The van der Waals surface area contributed by atoms with Crippen LogP contribution in [0.4, 0.5) is 0 Å². The fourth-order valence-corrected chi connectivity index (χ4v) is 4.58. The molecule has 1 fully saturated rings. The summed E-state index contributed by atoms with van der Waals surface area (Å²) in [5.74, 6) is -0.781. The van der Waals surface area contributed by atoms with Gasteiger partial charge in [-0.15, -0.1) is 0 Å². The van der Waals surface area contributed by atoms with E-state index in [1.165, 1.54) is 11.2 Å². The molecule has 1 aromatic heterocycles. The lowest BCUT2D eigenvalue weighted by Gasteiger charge is -2.33. The van der Waals surface area contributed by atoms with E-state index in [1.807, 2.05) is 13.8 Å². The van der Waals surface area contributed by atoms with E-state index >= 15 is 0 Å². The van der Waals surface area contributed by atoms with Gasteiger partial charge in [0.05, 0.1) is 0 Å². The standard InChI is InChI=1S/C12H19N3O4S/c1-7-4-8(2)6-15(5-7)20(18,19)11-10(12(16)17)9(3)13-14-11/h7-8H,4-6H2,1-3H3,(H,13,14)(H,16,17). The van der Waals surface area contributed by atoms with Gasteiger partial charge in [0.25, 0.3) is 10.0 Å². The van der Waals surface area contributed by atoms with Gasteiger partial charge in [0, 0.05) is 18.8 Å². The third kappa shape index (κ3) is 2.57. The average molecular weight is 301 g/mol. The number of nitrogens with zero attached hydrogens (tertiary/aromatic N) is 2. The van der Waals surface area contributed by atoms with Crippen molar-refractivity contribution in [3.05, 3.63) is 11.3 Å². The quantitative estimate of drug-likeness (QED) is 0.869. The molecular formula is C12H19N3O4S. The maximum Gasteiger partial charge on any atom is 0.340 e. The van der Waals surface area contributed by atoms with Gasteiger partial charge in [-0.25, -0.2) is 13.2 Å². The van der Waals surface area contributed by atoms with E-state index in [0.717, 1.165) is 6.42 Å².